The van der Waals surface area contributed by atoms with Crippen LogP contribution in [0.4, 0.5) is 5.13 Å². The molecule has 0 saturated carbocycles. The topological polar surface area (TPSA) is 67.8 Å². The molecule has 0 atom stereocenters. The smallest absolute Gasteiger partial charge is 0.259 e. The quantitative estimate of drug-likeness (QED) is 0.506. The second-order valence-corrected chi connectivity index (χ2v) is 6.48. The van der Waals surface area contributed by atoms with E-state index >= 15 is 0 Å². The number of nitrogens with one attached hydrogen (secondary N) is 1. The van der Waals surface area contributed by atoms with Crippen molar-refractivity contribution < 1.29 is 4.79 Å². The van der Waals surface area contributed by atoms with Gasteiger partial charge < -0.3 is 0 Å². The Morgan fingerprint density at radius 2 is 2.37 bits per heavy atom. The SMILES string of the molecule is C=CCSc1nnc(NC(=O)c2cncc(Br)c2)s1. The third-order valence-corrected chi connectivity index (χ3v) is 4.32. The number of nitrogens with zero attached hydrogens (tertiary/aromatic N) is 3. The summed E-state index contributed by atoms with van der Waals surface area (Å²) >= 11 is 6.12. The van der Waals surface area contributed by atoms with Gasteiger partial charge in [-0.2, -0.15) is 0 Å². The number of carbonyl (C=O) groups is 1. The summed E-state index contributed by atoms with van der Waals surface area (Å²) in [4.78, 5) is 15.9. The summed E-state index contributed by atoms with van der Waals surface area (Å²) < 4.78 is 1.54. The molecule has 0 spiro atoms. The van der Waals surface area contributed by atoms with Crippen molar-refractivity contribution in [2.75, 3.05) is 11.1 Å². The van der Waals surface area contributed by atoms with Crippen molar-refractivity contribution >= 4 is 50.1 Å². The number of rotatable bonds is 5. The van der Waals surface area contributed by atoms with E-state index in [-0.39, 0.29) is 5.91 Å². The fourth-order valence-corrected chi connectivity index (χ4v) is 3.03. The highest BCUT2D eigenvalue weighted by Gasteiger charge is 2.10. The Kier molecular flexibility index (Phi) is 5.06. The molecule has 0 fully saturated rings. The zero-order chi connectivity index (χ0) is 13.7. The number of carbonyl (C=O) groups excluding carboxylic acids is 1. The molecule has 0 unspecified atom stereocenters. The average Bonchev–Trinajstić information content (AvgIpc) is 2.84. The van der Waals surface area contributed by atoms with E-state index < -0.39 is 0 Å². The Balaban J connectivity index is 2.02. The highest BCUT2D eigenvalue weighted by Crippen LogP contribution is 2.25. The molecular weight excluding hydrogens is 348 g/mol. The fraction of sp³-hybridized carbons (Fsp3) is 0.0909. The van der Waals surface area contributed by atoms with Crippen LogP contribution in [0.3, 0.4) is 0 Å². The molecule has 0 aliphatic carbocycles. The van der Waals surface area contributed by atoms with Crippen molar-refractivity contribution in [2.24, 2.45) is 0 Å². The molecule has 19 heavy (non-hydrogen) atoms. The van der Waals surface area contributed by atoms with Gasteiger partial charge in [-0.05, 0) is 22.0 Å². The summed E-state index contributed by atoms with van der Waals surface area (Å²) in [5.74, 6) is 0.503. The van der Waals surface area contributed by atoms with Gasteiger partial charge in [0.25, 0.3) is 5.91 Å². The highest BCUT2D eigenvalue weighted by molar-refractivity contribution is 9.10. The van der Waals surface area contributed by atoms with Crippen LogP contribution in [0.1, 0.15) is 10.4 Å². The molecule has 98 valence electrons. The number of aromatic nitrogens is 3. The van der Waals surface area contributed by atoms with Crippen LogP contribution in [0.2, 0.25) is 0 Å². The minimum atomic E-state index is -0.259. The Hall–Kier alpha value is -1.25. The molecule has 0 aromatic carbocycles. The lowest BCUT2D eigenvalue weighted by Crippen LogP contribution is -2.11. The second kappa shape index (κ2) is 6.78. The maximum Gasteiger partial charge on any atom is 0.259 e. The molecule has 5 nitrogen and oxygen atoms in total. The summed E-state index contributed by atoms with van der Waals surface area (Å²) in [7, 11) is 0. The third kappa shape index (κ3) is 4.12. The van der Waals surface area contributed by atoms with E-state index in [0.29, 0.717) is 10.7 Å². The zero-order valence-electron chi connectivity index (χ0n) is 9.67. The van der Waals surface area contributed by atoms with Crippen LogP contribution in [0.25, 0.3) is 0 Å². The number of hydrogen-bond donors (Lipinski definition) is 1. The molecule has 2 heterocycles. The molecule has 8 heteroatoms. The number of pyridine rings is 1. The van der Waals surface area contributed by atoms with Crippen LogP contribution in [0.15, 0.2) is 39.9 Å². The van der Waals surface area contributed by atoms with Crippen LogP contribution in [0, 0.1) is 0 Å². The summed E-state index contributed by atoms with van der Waals surface area (Å²) in [6, 6.07) is 1.69. The highest BCUT2D eigenvalue weighted by atomic mass is 79.9. The predicted octanol–water partition coefficient (Wildman–Crippen LogP) is 3.23. The van der Waals surface area contributed by atoms with Gasteiger partial charge in [0.05, 0.1) is 5.56 Å². The Labute approximate surface area is 126 Å². The van der Waals surface area contributed by atoms with Gasteiger partial charge >= 0.3 is 0 Å². The Bertz CT molecular complexity index is 602. The summed E-state index contributed by atoms with van der Waals surface area (Å²) in [6.45, 7) is 3.63. The van der Waals surface area contributed by atoms with Crippen molar-refractivity contribution in [1.29, 1.82) is 0 Å². The number of thioether (sulfide) groups is 1. The first-order valence-corrected chi connectivity index (χ1v) is 7.77. The van der Waals surface area contributed by atoms with Gasteiger partial charge in [-0.1, -0.05) is 29.2 Å². The van der Waals surface area contributed by atoms with Gasteiger partial charge in [-0.25, -0.2) is 0 Å². The van der Waals surface area contributed by atoms with Crippen LogP contribution < -0.4 is 5.32 Å². The van der Waals surface area contributed by atoms with E-state index in [2.05, 4.69) is 43.0 Å². The molecule has 0 saturated heterocycles. The van der Waals surface area contributed by atoms with E-state index in [4.69, 9.17) is 0 Å². The van der Waals surface area contributed by atoms with E-state index in [0.717, 1.165) is 14.6 Å². The van der Waals surface area contributed by atoms with Crippen LogP contribution in [-0.4, -0.2) is 26.8 Å². The van der Waals surface area contributed by atoms with Gasteiger partial charge in [0.2, 0.25) is 5.13 Å². The Morgan fingerprint density at radius 1 is 1.53 bits per heavy atom. The number of halogens is 1. The molecule has 0 radical (unpaired) electrons. The van der Waals surface area contributed by atoms with Gasteiger partial charge in [-0.3, -0.25) is 15.1 Å². The third-order valence-electron chi connectivity index (χ3n) is 1.92. The van der Waals surface area contributed by atoms with Crippen molar-refractivity contribution in [3.05, 3.63) is 41.2 Å². The van der Waals surface area contributed by atoms with Gasteiger partial charge in [0, 0.05) is 22.6 Å². The predicted molar refractivity (Wildman–Crippen MR) is 80.7 cm³/mol. The first kappa shape index (κ1) is 14.2. The average molecular weight is 357 g/mol. The molecule has 0 aliphatic heterocycles. The summed E-state index contributed by atoms with van der Waals surface area (Å²) in [6.07, 6.45) is 4.90. The standard InChI is InChI=1S/C11H9BrN4OS2/c1-2-3-18-11-16-15-10(19-11)14-9(17)7-4-8(12)6-13-5-7/h2,4-6H,1,3H2,(H,14,15,17). The van der Waals surface area contributed by atoms with Crippen molar-refractivity contribution in [3.63, 3.8) is 0 Å². The molecule has 0 bridgehead atoms. The normalized spacial score (nSPS) is 10.2. The first-order chi connectivity index (χ1) is 9.19. The maximum atomic E-state index is 11.9. The number of anilines is 1. The molecule has 0 aliphatic rings. The minimum Gasteiger partial charge on any atom is -0.296 e. The molecule has 2 aromatic heterocycles. The van der Waals surface area contributed by atoms with Gasteiger partial charge in [-0.15, -0.1) is 16.8 Å². The van der Waals surface area contributed by atoms with Gasteiger partial charge in [0.15, 0.2) is 4.34 Å². The minimum absolute atomic E-state index is 0.259. The molecule has 2 rings (SSSR count). The Morgan fingerprint density at radius 3 is 3.11 bits per heavy atom. The van der Waals surface area contributed by atoms with E-state index in [1.54, 1.807) is 18.3 Å². The number of amides is 1. The van der Waals surface area contributed by atoms with Crippen molar-refractivity contribution in [1.82, 2.24) is 15.2 Å². The monoisotopic (exact) mass is 356 g/mol. The fourth-order valence-electron chi connectivity index (χ4n) is 1.15. The van der Waals surface area contributed by atoms with Crippen LogP contribution in [-0.2, 0) is 0 Å². The van der Waals surface area contributed by atoms with Gasteiger partial charge in [0.1, 0.15) is 0 Å². The van der Waals surface area contributed by atoms with Crippen LogP contribution >= 0.6 is 39.0 Å². The lowest BCUT2D eigenvalue weighted by molar-refractivity contribution is 0.102. The maximum absolute atomic E-state index is 11.9. The first-order valence-electron chi connectivity index (χ1n) is 5.18. The molecule has 2 aromatic rings. The molecular formula is C11H9BrN4OS2. The zero-order valence-corrected chi connectivity index (χ0v) is 12.9. The van der Waals surface area contributed by atoms with Crippen molar-refractivity contribution in [3.8, 4) is 0 Å². The van der Waals surface area contributed by atoms with E-state index in [9.17, 15) is 4.79 Å². The summed E-state index contributed by atoms with van der Waals surface area (Å²) in [5, 5.41) is 11.0. The summed E-state index contributed by atoms with van der Waals surface area (Å²) in [5.41, 5.74) is 0.463. The lowest BCUT2D eigenvalue weighted by atomic mass is 10.3. The second-order valence-electron chi connectivity index (χ2n) is 3.32. The lowest BCUT2D eigenvalue weighted by Gasteiger charge is -2.00. The number of hydrogen-bond acceptors (Lipinski definition) is 6. The molecule has 1 amide bonds. The van der Waals surface area contributed by atoms with Crippen molar-refractivity contribution in [2.45, 2.75) is 4.34 Å². The molecule has 1 N–H and O–H groups in total. The van der Waals surface area contributed by atoms with E-state index in [1.807, 2.05) is 0 Å². The van der Waals surface area contributed by atoms with Crippen LogP contribution in [0.5, 0.6) is 0 Å². The van der Waals surface area contributed by atoms with E-state index in [1.165, 1.54) is 29.3 Å². The largest absolute Gasteiger partial charge is 0.296 e.